The fourth-order valence-electron chi connectivity index (χ4n) is 1.46. The second-order valence-corrected chi connectivity index (χ2v) is 6.21. The molecule has 0 aliphatic carbocycles. The molecule has 0 atom stereocenters. The van der Waals surface area contributed by atoms with Gasteiger partial charge in [-0.2, -0.15) is 0 Å². The van der Waals surface area contributed by atoms with Gasteiger partial charge in [0.25, 0.3) is 0 Å². The summed E-state index contributed by atoms with van der Waals surface area (Å²) < 4.78 is 78.8. The fraction of sp³-hybridized carbons (Fsp3) is 0. The Hall–Kier alpha value is -1.26. The van der Waals surface area contributed by atoms with Crippen molar-refractivity contribution < 1.29 is 26.3 Å². The van der Waals surface area contributed by atoms with Gasteiger partial charge in [0.2, 0.25) is 0 Å². The highest BCUT2D eigenvalue weighted by Gasteiger charge is 2.25. The summed E-state index contributed by atoms with van der Waals surface area (Å²) in [6.07, 6.45) is 0. The smallest absolute Gasteiger partial charge is 0.195 e. The van der Waals surface area contributed by atoms with Crippen molar-refractivity contribution in [2.75, 3.05) is 0 Å². The molecule has 0 saturated heterocycles. The van der Waals surface area contributed by atoms with Crippen LogP contribution in [0.25, 0.3) is 0 Å². The molecule has 0 unspecified atom stereocenters. The molecule has 0 fully saturated rings. The van der Waals surface area contributed by atoms with E-state index in [1.165, 1.54) is 0 Å². The van der Waals surface area contributed by atoms with E-state index in [1.54, 1.807) is 0 Å². The van der Waals surface area contributed by atoms with Crippen LogP contribution in [0.1, 0.15) is 0 Å². The molecule has 0 N–H and O–H groups in total. The average Bonchev–Trinajstić information content (AvgIpc) is 2.42. The van der Waals surface area contributed by atoms with Crippen LogP contribution >= 0.6 is 18.5 Å². The van der Waals surface area contributed by atoms with Crippen molar-refractivity contribution in [2.45, 2.75) is 0 Å². The van der Waals surface area contributed by atoms with Gasteiger partial charge in [0.05, 0.1) is 7.27 Å². The van der Waals surface area contributed by atoms with Crippen molar-refractivity contribution in [3.63, 3.8) is 0 Å². The zero-order chi connectivity index (χ0) is 15.0. The number of rotatable bonds is 2. The Bertz CT molecular complexity index is 618. The maximum absolute atomic E-state index is 13.5. The molecule has 0 aliphatic heterocycles. The second kappa shape index (κ2) is 5.62. The van der Waals surface area contributed by atoms with E-state index in [9.17, 15) is 26.3 Å². The molecule has 0 saturated carbocycles. The third-order valence-electron chi connectivity index (χ3n) is 2.45. The van der Waals surface area contributed by atoms with E-state index < -0.39 is 52.8 Å². The Labute approximate surface area is 115 Å². The summed E-state index contributed by atoms with van der Waals surface area (Å²) in [5, 5.41) is -1.05. The average molecular weight is 329 g/mol. The molecule has 20 heavy (non-hydrogen) atoms. The van der Waals surface area contributed by atoms with Crippen molar-refractivity contribution in [1.82, 2.24) is 0 Å². The summed E-state index contributed by atoms with van der Waals surface area (Å²) in [6.45, 7) is 0. The van der Waals surface area contributed by atoms with Crippen LogP contribution in [0.15, 0.2) is 24.3 Å². The Morgan fingerprint density at radius 3 is 1.30 bits per heavy atom. The van der Waals surface area contributed by atoms with Gasteiger partial charge >= 0.3 is 0 Å². The van der Waals surface area contributed by atoms with Crippen molar-refractivity contribution >= 4 is 29.1 Å². The molecule has 0 heterocycles. The van der Waals surface area contributed by atoms with Crippen molar-refractivity contribution in [3.05, 3.63) is 59.2 Å². The summed E-state index contributed by atoms with van der Waals surface area (Å²) in [5.41, 5.74) is 0. The highest BCUT2D eigenvalue weighted by atomic mass is 35.7. The quantitative estimate of drug-likeness (QED) is 0.442. The molecular weight excluding hydrogens is 325 g/mol. The van der Waals surface area contributed by atoms with Gasteiger partial charge in [0, 0.05) is 10.6 Å². The SMILES string of the molecule is Fc1ccc(P(Cl)c2ccc(F)c(F)c2F)c(F)c1F. The lowest BCUT2D eigenvalue weighted by atomic mass is 10.3. The summed E-state index contributed by atoms with van der Waals surface area (Å²) in [4.78, 5) is 0. The molecule has 8 heteroatoms. The lowest BCUT2D eigenvalue weighted by Crippen LogP contribution is -2.18. The molecule has 0 spiro atoms. The van der Waals surface area contributed by atoms with E-state index in [0.29, 0.717) is 12.1 Å². The van der Waals surface area contributed by atoms with Gasteiger partial charge in [0.1, 0.15) is 0 Å². The van der Waals surface area contributed by atoms with E-state index in [-0.39, 0.29) is 0 Å². The Morgan fingerprint density at radius 2 is 0.950 bits per heavy atom. The molecule has 2 aromatic carbocycles. The lowest BCUT2D eigenvalue weighted by molar-refractivity contribution is 0.450. The first-order valence-electron chi connectivity index (χ1n) is 5.07. The van der Waals surface area contributed by atoms with Gasteiger partial charge in [-0.05, 0) is 24.3 Å². The highest BCUT2D eigenvalue weighted by Crippen LogP contribution is 2.41. The first kappa shape index (κ1) is 15.1. The highest BCUT2D eigenvalue weighted by molar-refractivity contribution is 7.95. The predicted octanol–water partition coefficient (Wildman–Crippen LogP) is 4.11. The van der Waals surface area contributed by atoms with Gasteiger partial charge in [-0.1, -0.05) is 11.2 Å². The summed E-state index contributed by atoms with van der Waals surface area (Å²) in [6, 6.07) is 2.88. The fourth-order valence-corrected chi connectivity index (χ4v) is 3.46. The van der Waals surface area contributed by atoms with E-state index in [4.69, 9.17) is 11.2 Å². The number of halogens is 7. The first-order valence-corrected chi connectivity index (χ1v) is 7.32. The zero-order valence-corrected chi connectivity index (χ0v) is 11.1. The van der Waals surface area contributed by atoms with Gasteiger partial charge in [-0.3, -0.25) is 0 Å². The van der Waals surface area contributed by atoms with Crippen LogP contribution in [0.4, 0.5) is 26.3 Å². The molecular formula is C12H4ClF6P. The maximum atomic E-state index is 13.5. The number of benzene rings is 2. The van der Waals surface area contributed by atoms with Crippen LogP contribution in [-0.2, 0) is 0 Å². The molecule has 0 bridgehead atoms. The standard InChI is InChI=1S/C12H4ClF6P/c13-20(7-3-1-5(14)9(16)11(7)18)8-4-2-6(15)10(17)12(8)19/h1-4H. The maximum Gasteiger partial charge on any atom is 0.195 e. The molecule has 0 amide bonds. The van der Waals surface area contributed by atoms with Crippen molar-refractivity contribution in [2.24, 2.45) is 0 Å². The van der Waals surface area contributed by atoms with E-state index in [2.05, 4.69) is 0 Å². The summed E-state index contributed by atoms with van der Waals surface area (Å²) in [5.74, 6) is -9.57. The normalized spacial score (nSPS) is 11.2. The van der Waals surface area contributed by atoms with Crippen LogP contribution in [0.3, 0.4) is 0 Å². The third-order valence-corrected chi connectivity index (χ3v) is 5.08. The largest absolute Gasteiger partial charge is 0.204 e. The summed E-state index contributed by atoms with van der Waals surface area (Å²) in [7, 11) is -2.36. The van der Waals surface area contributed by atoms with E-state index in [1.807, 2.05) is 0 Å². The summed E-state index contributed by atoms with van der Waals surface area (Å²) >= 11 is 5.80. The number of hydrogen-bond donors (Lipinski definition) is 0. The molecule has 0 aromatic heterocycles. The van der Waals surface area contributed by atoms with Crippen LogP contribution in [0.2, 0.25) is 0 Å². The minimum Gasteiger partial charge on any atom is -0.204 e. The van der Waals surface area contributed by atoms with E-state index >= 15 is 0 Å². The van der Waals surface area contributed by atoms with Gasteiger partial charge in [-0.25, -0.2) is 26.3 Å². The second-order valence-electron chi connectivity index (χ2n) is 3.67. The van der Waals surface area contributed by atoms with Crippen LogP contribution < -0.4 is 10.6 Å². The Balaban J connectivity index is 2.55. The minimum absolute atomic E-state index is 0.523. The first-order chi connectivity index (χ1) is 9.34. The minimum atomic E-state index is -2.36. The Kier molecular flexibility index (Phi) is 4.25. The molecule has 2 rings (SSSR count). The molecule has 106 valence electrons. The molecule has 0 aliphatic rings. The topological polar surface area (TPSA) is 0 Å². The third kappa shape index (κ3) is 2.50. The van der Waals surface area contributed by atoms with E-state index in [0.717, 1.165) is 12.1 Å². The van der Waals surface area contributed by atoms with Gasteiger partial charge < -0.3 is 0 Å². The van der Waals surface area contributed by atoms with Crippen LogP contribution in [-0.4, -0.2) is 0 Å². The molecule has 0 nitrogen and oxygen atoms in total. The van der Waals surface area contributed by atoms with Crippen molar-refractivity contribution in [1.29, 1.82) is 0 Å². The zero-order valence-electron chi connectivity index (χ0n) is 9.40. The monoisotopic (exact) mass is 328 g/mol. The predicted molar refractivity (Wildman–Crippen MR) is 64.7 cm³/mol. The molecule has 0 radical (unpaired) electrons. The van der Waals surface area contributed by atoms with Gasteiger partial charge in [-0.15, -0.1) is 0 Å². The molecule has 2 aromatic rings. The Morgan fingerprint density at radius 1 is 0.600 bits per heavy atom. The number of hydrogen-bond acceptors (Lipinski definition) is 0. The van der Waals surface area contributed by atoms with Gasteiger partial charge in [0.15, 0.2) is 34.9 Å². The lowest BCUT2D eigenvalue weighted by Gasteiger charge is -2.13. The van der Waals surface area contributed by atoms with Crippen LogP contribution in [0, 0.1) is 34.9 Å². The van der Waals surface area contributed by atoms with Crippen molar-refractivity contribution in [3.8, 4) is 0 Å². The van der Waals surface area contributed by atoms with Crippen LogP contribution in [0.5, 0.6) is 0 Å².